The first-order valence-corrected chi connectivity index (χ1v) is 6.35. The van der Waals surface area contributed by atoms with Crippen LogP contribution in [-0.2, 0) is 9.53 Å². The van der Waals surface area contributed by atoms with Gasteiger partial charge >= 0.3 is 5.97 Å². The maximum Gasteiger partial charge on any atom is 0.335 e. The molecule has 1 amide bonds. The molecule has 6 heteroatoms. The highest BCUT2D eigenvalue weighted by molar-refractivity contribution is 5.96. The van der Waals surface area contributed by atoms with E-state index in [2.05, 4.69) is 5.32 Å². The number of carboxylic acid groups (broad SMARTS) is 1. The molecular weight excluding hydrogens is 260 g/mol. The van der Waals surface area contributed by atoms with E-state index in [4.69, 9.17) is 15.6 Å². The molecule has 1 atom stereocenters. The Balaban J connectivity index is 2.62. The second kappa shape index (κ2) is 7.62. The van der Waals surface area contributed by atoms with E-state index in [1.807, 2.05) is 0 Å². The van der Waals surface area contributed by atoms with Crippen LogP contribution in [0.3, 0.4) is 0 Å². The number of rotatable bonds is 7. The number of amides is 1. The zero-order valence-electron chi connectivity index (χ0n) is 11.7. The summed E-state index contributed by atoms with van der Waals surface area (Å²) in [6.07, 6.45) is 1.24. The van der Waals surface area contributed by atoms with Crippen LogP contribution in [0, 0.1) is 6.92 Å². The van der Waals surface area contributed by atoms with E-state index in [1.165, 1.54) is 6.07 Å². The number of ether oxygens (including phenoxy) is 1. The van der Waals surface area contributed by atoms with Crippen molar-refractivity contribution in [3.05, 3.63) is 29.3 Å². The maximum atomic E-state index is 11.8. The first-order valence-electron chi connectivity index (χ1n) is 6.35. The van der Waals surface area contributed by atoms with E-state index in [0.717, 1.165) is 0 Å². The number of hydrogen-bond donors (Lipinski definition) is 3. The van der Waals surface area contributed by atoms with E-state index in [0.29, 0.717) is 30.7 Å². The standard InChI is InChI=1S/C14H20N2O4/c1-9-8-10(5-6-11(9)14(18)19)16-13(17)12(15)4-3-7-20-2/h5-6,8,12H,3-4,7,15H2,1-2H3,(H,16,17)(H,18,19). The van der Waals surface area contributed by atoms with Gasteiger partial charge in [-0.15, -0.1) is 0 Å². The number of anilines is 1. The first-order chi connectivity index (χ1) is 9.45. The third-order valence-electron chi connectivity index (χ3n) is 2.92. The zero-order chi connectivity index (χ0) is 15.1. The van der Waals surface area contributed by atoms with Crippen LogP contribution in [0.2, 0.25) is 0 Å². The molecule has 0 bridgehead atoms. The summed E-state index contributed by atoms with van der Waals surface area (Å²) in [5, 5.41) is 11.6. The predicted octanol–water partition coefficient (Wildman–Crippen LogP) is 1.39. The minimum atomic E-state index is -0.989. The number of nitrogens with two attached hydrogens (primary N) is 1. The van der Waals surface area contributed by atoms with Crippen molar-refractivity contribution < 1.29 is 19.4 Å². The summed E-state index contributed by atoms with van der Waals surface area (Å²) in [6, 6.07) is 4.02. The van der Waals surface area contributed by atoms with Gasteiger partial charge in [0.05, 0.1) is 11.6 Å². The van der Waals surface area contributed by atoms with Crippen LogP contribution < -0.4 is 11.1 Å². The van der Waals surface area contributed by atoms with E-state index < -0.39 is 12.0 Å². The average Bonchev–Trinajstić information content (AvgIpc) is 2.38. The van der Waals surface area contributed by atoms with Gasteiger partial charge in [0.15, 0.2) is 0 Å². The third-order valence-corrected chi connectivity index (χ3v) is 2.92. The van der Waals surface area contributed by atoms with Crippen molar-refractivity contribution >= 4 is 17.6 Å². The summed E-state index contributed by atoms with van der Waals surface area (Å²) < 4.78 is 4.90. The van der Waals surface area contributed by atoms with E-state index in [-0.39, 0.29) is 11.5 Å². The molecular formula is C14H20N2O4. The summed E-state index contributed by atoms with van der Waals surface area (Å²) in [7, 11) is 1.60. The summed E-state index contributed by atoms with van der Waals surface area (Å²) in [4.78, 5) is 22.7. The topological polar surface area (TPSA) is 102 Å². The number of benzene rings is 1. The molecule has 0 radical (unpaired) electrons. The normalized spacial score (nSPS) is 11.9. The highest BCUT2D eigenvalue weighted by atomic mass is 16.5. The van der Waals surface area contributed by atoms with Gasteiger partial charge in [-0.3, -0.25) is 4.79 Å². The minimum Gasteiger partial charge on any atom is -0.478 e. The van der Waals surface area contributed by atoms with Crippen LogP contribution in [0.5, 0.6) is 0 Å². The lowest BCUT2D eigenvalue weighted by atomic mass is 10.1. The van der Waals surface area contributed by atoms with Crippen molar-refractivity contribution in [3.8, 4) is 0 Å². The van der Waals surface area contributed by atoms with Gasteiger partial charge in [-0.05, 0) is 43.5 Å². The Morgan fingerprint density at radius 1 is 1.45 bits per heavy atom. The Morgan fingerprint density at radius 2 is 2.15 bits per heavy atom. The third kappa shape index (κ3) is 4.64. The summed E-state index contributed by atoms with van der Waals surface area (Å²) in [6.45, 7) is 2.24. The molecule has 0 heterocycles. The lowest BCUT2D eigenvalue weighted by Crippen LogP contribution is -2.35. The molecule has 0 spiro atoms. The van der Waals surface area contributed by atoms with Gasteiger partial charge < -0.3 is 20.9 Å². The van der Waals surface area contributed by atoms with Gasteiger partial charge in [0, 0.05) is 19.4 Å². The minimum absolute atomic E-state index is 0.215. The second-order valence-corrected chi connectivity index (χ2v) is 4.57. The highest BCUT2D eigenvalue weighted by Gasteiger charge is 2.14. The molecule has 4 N–H and O–H groups in total. The average molecular weight is 280 g/mol. The van der Waals surface area contributed by atoms with Gasteiger partial charge in [-0.2, -0.15) is 0 Å². The van der Waals surface area contributed by atoms with Crippen LogP contribution in [0.15, 0.2) is 18.2 Å². The lowest BCUT2D eigenvalue weighted by Gasteiger charge is -2.13. The molecule has 1 aromatic rings. The number of nitrogens with one attached hydrogen (secondary N) is 1. The van der Waals surface area contributed by atoms with Crippen molar-refractivity contribution in [2.24, 2.45) is 5.73 Å². The molecule has 0 saturated heterocycles. The van der Waals surface area contributed by atoms with Crippen LogP contribution in [0.4, 0.5) is 5.69 Å². The van der Waals surface area contributed by atoms with Gasteiger partial charge in [0.1, 0.15) is 0 Å². The molecule has 6 nitrogen and oxygen atoms in total. The molecule has 110 valence electrons. The van der Waals surface area contributed by atoms with Gasteiger partial charge in [-0.1, -0.05) is 0 Å². The van der Waals surface area contributed by atoms with Crippen LogP contribution in [0.1, 0.15) is 28.8 Å². The highest BCUT2D eigenvalue weighted by Crippen LogP contribution is 2.15. The Labute approximate surface area is 117 Å². The number of hydrogen-bond acceptors (Lipinski definition) is 4. The molecule has 0 aliphatic rings. The SMILES string of the molecule is COCCCC(N)C(=O)Nc1ccc(C(=O)O)c(C)c1. The second-order valence-electron chi connectivity index (χ2n) is 4.57. The smallest absolute Gasteiger partial charge is 0.335 e. The fourth-order valence-corrected chi connectivity index (χ4v) is 1.80. The summed E-state index contributed by atoms with van der Waals surface area (Å²) in [5.74, 6) is -1.28. The number of aryl methyl sites for hydroxylation is 1. The monoisotopic (exact) mass is 280 g/mol. The van der Waals surface area contributed by atoms with Crippen LogP contribution in [-0.4, -0.2) is 36.7 Å². The molecule has 20 heavy (non-hydrogen) atoms. The quantitative estimate of drug-likeness (QED) is 0.655. The van der Waals surface area contributed by atoms with Crippen molar-refractivity contribution in [2.75, 3.05) is 19.0 Å². The molecule has 0 aliphatic heterocycles. The van der Waals surface area contributed by atoms with Crippen LogP contribution >= 0.6 is 0 Å². The van der Waals surface area contributed by atoms with Crippen molar-refractivity contribution in [3.63, 3.8) is 0 Å². The molecule has 1 unspecified atom stereocenters. The van der Waals surface area contributed by atoms with Crippen molar-refractivity contribution in [1.82, 2.24) is 0 Å². The number of carboxylic acids is 1. The lowest BCUT2D eigenvalue weighted by molar-refractivity contribution is -0.117. The zero-order valence-corrected chi connectivity index (χ0v) is 11.7. The Bertz CT molecular complexity index is 488. The Morgan fingerprint density at radius 3 is 2.70 bits per heavy atom. The molecule has 0 fully saturated rings. The number of methoxy groups -OCH3 is 1. The van der Waals surface area contributed by atoms with Crippen molar-refractivity contribution in [2.45, 2.75) is 25.8 Å². The predicted molar refractivity (Wildman–Crippen MR) is 75.9 cm³/mol. The Kier molecular flexibility index (Phi) is 6.14. The fraction of sp³-hybridized carbons (Fsp3) is 0.429. The van der Waals surface area contributed by atoms with E-state index in [9.17, 15) is 9.59 Å². The molecule has 0 aliphatic carbocycles. The summed E-state index contributed by atoms with van der Waals surface area (Å²) >= 11 is 0. The number of carbonyl (C=O) groups excluding carboxylic acids is 1. The number of aromatic carboxylic acids is 1. The Hall–Kier alpha value is -1.92. The van der Waals surface area contributed by atoms with E-state index >= 15 is 0 Å². The molecule has 0 saturated carbocycles. The summed E-state index contributed by atoms with van der Waals surface area (Å²) in [5.41, 5.74) is 7.10. The number of carbonyl (C=O) groups is 2. The van der Waals surface area contributed by atoms with Gasteiger partial charge in [0.25, 0.3) is 0 Å². The van der Waals surface area contributed by atoms with Gasteiger partial charge in [0.2, 0.25) is 5.91 Å². The largest absolute Gasteiger partial charge is 0.478 e. The maximum absolute atomic E-state index is 11.8. The first kappa shape index (κ1) is 16.1. The molecule has 1 aromatic carbocycles. The van der Waals surface area contributed by atoms with Crippen molar-refractivity contribution in [1.29, 1.82) is 0 Å². The molecule has 0 aromatic heterocycles. The molecule has 1 rings (SSSR count). The van der Waals surface area contributed by atoms with Gasteiger partial charge in [-0.25, -0.2) is 4.79 Å². The van der Waals surface area contributed by atoms with E-state index in [1.54, 1.807) is 26.2 Å². The van der Waals surface area contributed by atoms with Crippen LogP contribution in [0.25, 0.3) is 0 Å². The fourth-order valence-electron chi connectivity index (χ4n) is 1.80.